The number of hydrogen-bond donors (Lipinski definition) is 1. The number of benzene rings is 1. The highest BCUT2D eigenvalue weighted by Crippen LogP contribution is 2.13. The van der Waals surface area contributed by atoms with Gasteiger partial charge in [-0.25, -0.2) is 0 Å². The summed E-state index contributed by atoms with van der Waals surface area (Å²) in [6.45, 7) is 7.71. The first-order valence-electron chi connectivity index (χ1n) is 5.25. The van der Waals surface area contributed by atoms with Crippen LogP contribution in [0.3, 0.4) is 0 Å². The number of carbonyl (C=O) groups excluding carboxylic acids is 1. The zero-order chi connectivity index (χ0) is 12.0. The van der Waals surface area contributed by atoms with Crippen molar-refractivity contribution in [1.82, 2.24) is 5.32 Å². The molecule has 1 amide bonds. The smallest absolute Gasteiger partial charge is 0.261 e. The summed E-state index contributed by atoms with van der Waals surface area (Å²) in [7, 11) is 0. The molecule has 0 saturated heterocycles. The fourth-order valence-electron chi connectivity index (χ4n) is 1.19. The molecular formula is C13H17NO2. The second-order valence-electron chi connectivity index (χ2n) is 3.61. The number of amides is 1. The number of nitrogens with one attached hydrogen (secondary N) is 1. The van der Waals surface area contributed by atoms with Gasteiger partial charge in [0, 0.05) is 6.54 Å². The average molecular weight is 219 g/mol. The van der Waals surface area contributed by atoms with E-state index in [0.29, 0.717) is 12.3 Å². The standard InChI is InChI=1S/C13H17NO2/c1-4-9-14-13(15)11(3)16-12-7-5-10(2)6-8-12/h4-8,11H,1,9H2,2-3H3,(H,14,15). The van der Waals surface area contributed by atoms with Crippen LogP contribution in [0.5, 0.6) is 5.75 Å². The molecule has 3 nitrogen and oxygen atoms in total. The van der Waals surface area contributed by atoms with Gasteiger partial charge in [-0.05, 0) is 26.0 Å². The molecule has 0 heterocycles. The minimum absolute atomic E-state index is 0.138. The number of aryl methyl sites for hydroxylation is 1. The molecule has 0 spiro atoms. The van der Waals surface area contributed by atoms with Gasteiger partial charge >= 0.3 is 0 Å². The third-order valence-corrected chi connectivity index (χ3v) is 2.12. The second kappa shape index (κ2) is 5.95. The Balaban J connectivity index is 2.50. The lowest BCUT2D eigenvalue weighted by Crippen LogP contribution is -2.36. The quantitative estimate of drug-likeness (QED) is 0.770. The third-order valence-electron chi connectivity index (χ3n) is 2.12. The van der Waals surface area contributed by atoms with Gasteiger partial charge in [0.15, 0.2) is 6.10 Å². The first kappa shape index (κ1) is 12.3. The summed E-state index contributed by atoms with van der Waals surface area (Å²) >= 11 is 0. The van der Waals surface area contributed by atoms with E-state index in [9.17, 15) is 4.79 Å². The Hall–Kier alpha value is -1.77. The summed E-state index contributed by atoms with van der Waals surface area (Å²) < 4.78 is 5.48. The number of carbonyl (C=O) groups is 1. The van der Waals surface area contributed by atoms with E-state index < -0.39 is 6.10 Å². The molecule has 0 aliphatic heterocycles. The lowest BCUT2D eigenvalue weighted by molar-refractivity contribution is -0.127. The summed E-state index contributed by atoms with van der Waals surface area (Å²) in [5, 5.41) is 2.68. The molecule has 3 heteroatoms. The van der Waals surface area contributed by atoms with Crippen LogP contribution in [0, 0.1) is 6.92 Å². The van der Waals surface area contributed by atoms with Gasteiger partial charge in [0.25, 0.3) is 5.91 Å². The Labute approximate surface area is 96.1 Å². The van der Waals surface area contributed by atoms with Crippen molar-refractivity contribution in [3.63, 3.8) is 0 Å². The van der Waals surface area contributed by atoms with Crippen LogP contribution in [0.15, 0.2) is 36.9 Å². The molecular weight excluding hydrogens is 202 g/mol. The molecule has 1 aromatic carbocycles. The van der Waals surface area contributed by atoms with Crippen molar-refractivity contribution in [2.75, 3.05) is 6.54 Å². The molecule has 0 radical (unpaired) electrons. The minimum atomic E-state index is -0.498. The monoisotopic (exact) mass is 219 g/mol. The first-order chi connectivity index (χ1) is 7.63. The van der Waals surface area contributed by atoms with E-state index in [2.05, 4.69) is 11.9 Å². The van der Waals surface area contributed by atoms with Crippen LogP contribution in [0.2, 0.25) is 0 Å². The van der Waals surface area contributed by atoms with Crippen molar-refractivity contribution >= 4 is 5.91 Å². The van der Waals surface area contributed by atoms with E-state index in [-0.39, 0.29) is 5.91 Å². The summed E-state index contributed by atoms with van der Waals surface area (Å²) in [6.07, 6.45) is 1.14. The average Bonchev–Trinajstić information content (AvgIpc) is 2.29. The predicted octanol–water partition coefficient (Wildman–Crippen LogP) is 2.06. The van der Waals surface area contributed by atoms with Gasteiger partial charge in [-0.3, -0.25) is 4.79 Å². The van der Waals surface area contributed by atoms with Gasteiger partial charge in [-0.2, -0.15) is 0 Å². The fourth-order valence-corrected chi connectivity index (χ4v) is 1.19. The first-order valence-corrected chi connectivity index (χ1v) is 5.25. The minimum Gasteiger partial charge on any atom is -0.481 e. The zero-order valence-corrected chi connectivity index (χ0v) is 9.69. The molecule has 1 unspecified atom stereocenters. The Morgan fingerprint density at radius 3 is 2.69 bits per heavy atom. The molecule has 16 heavy (non-hydrogen) atoms. The van der Waals surface area contributed by atoms with Gasteiger partial charge in [-0.15, -0.1) is 6.58 Å². The van der Waals surface area contributed by atoms with Crippen molar-refractivity contribution in [2.24, 2.45) is 0 Å². The van der Waals surface area contributed by atoms with Crippen LogP contribution in [0.25, 0.3) is 0 Å². The lowest BCUT2D eigenvalue weighted by Gasteiger charge is -2.14. The lowest BCUT2D eigenvalue weighted by atomic mass is 10.2. The van der Waals surface area contributed by atoms with Gasteiger partial charge in [0.05, 0.1) is 0 Å². The SMILES string of the molecule is C=CCNC(=O)C(C)Oc1ccc(C)cc1. The zero-order valence-electron chi connectivity index (χ0n) is 9.69. The largest absolute Gasteiger partial charge is 0.481 e. The van der Waals surface area contributed by atoms with Crippen LogP contribution in [0.4, 0.5) is 0 Å². The Kier molecular flexibility index (Phi) is 4.58. The number of rotatable bonds is 5. The van der Waals surface area contributed by atoms with E-state index in [4.69, 9.17) is 4.74 Å². The Morgan fingerprint density at radius 1 is 1.50 bits per heavy atom. The fraction of sp³-hybridized carbons (Fsp3) is 0.308. The molecule has 0 aliphatic carbocycles. The van der Waals surface area contributed by atoms with Crippen molar-refractivity contribution in [1.29, 1.82) is 0 Å². The summed E-state index contributed by atoms with van der Waals surface area (Å²) in [5.74, 6) is 0.562. The number of ether oxygens (including phenoxy) is 1. The molecule has 1 atom stereocenters. The number of hydrogen-bond acceptors (Lipinski definition) is 2. The second-order valence-corrected chi connectivity index (χ2v) is 3.61. The highest BCUT2D eigenvalue weighted by molar-refractivity contribution is 5.80. The maximum atomic E-state index is 11.5. The van der Waals surface area contributed by atoms with Gasteiger partial charge < -0.3 is 10.1 Å². The maximum Gasteiger partial charge on any atom is 0.261 e. The Bertz CT molecular complexity index is 357. The molecule has 1 aromatic rings. The van der Waals surface area contributed by atoms with E-state index in [0.717, 1.165) is 5.56 Å². The topological polar surface area (TPSA) is 38.3 Å². The van der Waals surface area contributed by atoms with Gasteiger partial charge in [0.1, 0.15) is 5.75 Å². The van der Waals surface area contributed by atoms with Gasteiger partial charge in [-0.1, -0.05) is 23.8 Å². The Morgan fingerprint density at radius 2 is 2.12 bits per heavy atom. The maximum absolute atomic E-state index is 11.5. The van der Waals surface area contributed by atoms with Crippen LogP contribution in [-0.2, 0) is 4.79 Å². The van der Waals surface area contributed by atoms with Crippen molar-refractivity contribution in [3.8, 4) is 5.75 Å². The molecule has 0 saturated carbocycles. The van der Waals surface area contributed by atoms with E-state index >= 15 is 0 Å². The molecule has 1 N–H and O–H groups in total. The van der Waals surface area contributed by atoms with Crippen LogP contribution < -0.4 is 10.1 Å². The summed E-state index contributed by atoms with van der Waals surface area (Å²) in [5.41, 5.74) is 1.16. The molecule has 86 valence electrons. The highest BCUT2D eigenvalue weighted by Gasteiger charge is 2.12. The van der Waals surface area contributed by atoms with Crippen LogP contribution in [-0.4, -0.2) is 18.6 Å². The van der Waals surface area contributed by atoms with E-state index in [1.165, 1.54) is 0 Å². The van der Waals surface area contributed by atoms with Crippen LogP contribution >= 0.6 is 0 Å². The van der Waals surface area contributed by atoms with Gasteiger partial charge in [0.2, 0.25) is 0 Å². The van der Waals surface area contributed by atoms with Crippen molar-refractivity contribution in [2.45, 2.75) is 20.0 Å². The molecule has 0 aliphatic rings. The predicted molar refractivity (Wildman–Crippen MR) is 64.5 cm³/mol. The molecule has 1 rings (SSSR count). The molecule has 0 aromatic heterocycles. The van der Waals surface area contributed by atoms with E-state index in [1.54, 1.807) is 13.0 Å². The van der Waals surface area contributed by atoms with E-state index in [1.807, 2.05) is 31.2 Å². The molecule has 0 bridgehead atoms. The van der Waals surface area contributed by atoms with Crippen LogP contribution in [0.1, 0.15) is 12.5 Å². The summed E-state index contributed by atoms with van der Waals surface area (Å²) in [6, 6.07) is 7.60. The van der Waals surface area contributed by atoms with Crippen molar-refractivity contribution < 1.29 is 9.53 Å². The van der Waals surface area contributed by atoms with Crippen molar-refractivity contribution in [3.05, 3.63) is 42.5 Å². The normalized spacial score (nSPS) is 11.6. The third kappa shape index (κ3) is 3.77. The molecule has 0 fully saturated rings. The summed E-state index contributed by atoms with van der Waals surface area (Å²) in [4.78, 5) is 11.5. The highest BCUT2D eigenvalue weighted by atomic mass is 16.5.